The summed E-state index contributed by atoms with van der Waals surface area (Å²) in [7, 11) is 0. The highest BCUT2D eigenvalue weighted by molar-refractivity contribution is 5.84. The van der Waals surface area contributed by atoms with Crippen molar-refractivity contribution in [1.29, 1.82) is 0 Å². The van der Waals surface area contributed by atoms with Crippen LogP contribution >= 0.6 is 0 Å². The molecular weight excluding hydrogens is 320 g/mol. The Kier molecular flexibility index (Phi) is 4.99. The first-order chi connectivity index (χ1) is 12.7. The molecule has 0 aromatic carbocycles. The summed E-state index contributed by atoms with van der Waals surface area (Å²) in [5.41, 5.74) is 8.71. The first-order valence-corrected chi connectivity index (χ1v) is 10.3. The molecule has 4 rings (SSSR count). The molecule has 1 aliphatic heterocycles. The predicted molar refractivity (Wildman–Crippen MR) is 109 cm³/mol. The maximum atomic E-state index is 12.7. The van der Waals surface area contributed by atoms with Crippen LogP contribution in [-0.4, -0.2) is 29.5 Å². The summed E-state index contributed by atoms with van der Waals surface area (Å²) in [5.74, 6) is 0. The van der Waals surface area contributed by atoms with E-state index >= 15 is 0 Å². The number of aromatic amines is 1. The van der Waals surface area contributed by atoms with E-state index in [-0.39, 0.29) is 5.56 Å². The van der Waals surface area contributed by atoms with Gasteiger partial charge in [-0.25, -0.2) is 0 Å². The van der Waals surface area contributed by atoms with Gasteiger partial charge >= 0.3 is 0 Å². The molecule has 3 nitrogen and oxygen atoms in total. The minimum Gasteiger partial charge on any atom is -0.321 e. The molecule has 1 aromatic rings. The zero-order chi connectivity index (χ0) is 18.1. The van der Waals surface area contributed by atoms with E-state index in [0.29, 0.717) is 0 Å². The lowest BCUT2D eigenvalue weighted by Gasteiger charge is -2.19. The number of hydrogen-bond acceptors (Lipinski definition) is 2. The summed E-state index contributed by atoms with van der Waals surface area (Å²) in [5, 5.41) is 0. The Labute approximate surface area is 156 Å². The zero-order valence-electron chi connectivity index (χ0n) is 16.0. The second kappa shape index (κ2) is 7.40. The molecule has 138 valence electrons. The van der Waals surface area contributed by atoms with Crippen LogP contribution in [0.15, 0.2) is 34.7 Å². The smallest absolute Gasteiger partial charge is 0.251 e. The van der Waals surface area contributed by atoms with Crippen molar-refractivity contribution in [3.05, 3.63) is 62.6 Å². The number of fused-ring (bicyclic) bond motifs is 3. The molecule has 3 heteroatoms. The number of aromatic nitrogens is 1. The van der Waals surface area contributed by atoms with Gasteiger partial charge in [-0.15, -0.1) is 0 Å². The van der Waals surface area contributed by atoms with Crippen molar-refractivity contribution < 1.29 is 0 Å². The molecule has 0 spiro atoms. The van der Waals surface area contributed by atoms with Crippen LogP contribution in [0.5, 0.6) is 0 Å². The van der Waals surface area contributed by atoms with Crippen LogP contribution in [-0.2, 0) is 19.3 Å². The van der Waals surface area contributed by atoms with Crippen molar-refractivity contribution >= 4 is 5.57 Å². The van der Waals surface area contributed by atoms with Crippen molar-refractivity contribution in [2.24, 2.45) is 0 Å². The molecule has 26 heavy (non-hydrogen) atoms. The summed E-state index contributed by atoms with van der Waals surface area (Å²) < 4.78 is 0. The Morgan fingerprint density at radius 2 is 1.85 bits per heavy atom. The van der Waals surface area contributed by atoms with Crippen molar-refractivity contribution in [2.45, 2.75) is 58.3 Å². The molecule has 1 N–H and O–H groups in total. The van der Waals surface area contributed by atoms with Gasteiger partial charge in [0.1, 0.15) is 0 Å². The number of hydrogen-bond donors (Lipinski definition) is 1. The molecule has 1 fully saturated rings. The summed E-state index contributed by atoms with van der Waals surface area (Å²) in [6.45, 7) is 9.93. The summed E-state index contributed by atoms with van der Waals surface area (Å²) in [6.07, 6.45) is 13.3. The van der Waals surface area contributed by atoms with Gasteiger partial charge in [-0.3, -0.25) is 9.69 Å². The largest absolute Gasteiger partial charge is 0.321 e. The number of nitrogens with zero attached hydrogens (tertiary/aromatic N) is 1. The van der Waals surface area contributed by atoms with Gasteiger partial charge in [0.15, 0.2) is 0 Å². The molecule has 0 bridgehead atoms. The molecule has 2 aliphatic carbocycles. The normalized spacial score (nSPS) is 20.0. The van der Waals surface area contributed by atoms with Gasteiger partial charge in [0.2, 0.25) is 0 Å². The van der Waals surface area contributed by atoms with Crippen molar-refractivity contribution in [3.8, 4) is 0 Å². The topological polar surface area (TPSA) is 36.1 Å². The number of nitrogens with one attached hydrogen (secondary N) is 1. The van der Waals surface area contributed by atoms with E-state index in [2.05, 4.69) is 35.5 Å². The maximum absolute atomic E-state index is 12.7. The van der Waals surface area contributed by atoms with Crippen LogP contribution in [0.3, 0.4) is 0 Å². The van der Waals surface area contributed by atoms with Crippen LogP contribution in [0, 0.1) is 0 Å². The fourth-order valence-electron chi connectivity index (χ4n) is 4.79. The van der Waals surface area contributed by atoms with E-state index in [0.717, 1.165) is 49.9 Å². The summed E-state index contributed by atoms with van der Waals surface area (Å²) in [4.78, 5) is 18.4. The van der Waals surface area contributed by atoms with Crippen LogP contribution in [0.2, 0.25) is 0 Å². The number of pyridine rings is 1. The Morgan fingerprint density at radius 3 is 2.58 bits per heavy atom. The van der Waals surface area contributed by atoms with Crippen molar-refractivity contribution in [3.63, 3.8) is 0 Å². The molecule has 0 atom stereocenters. The molecule has 0 amide bonds. The molecule has 0 saturated carbocycles. The number of rotatable bonds is 5. The van der Waals surface area contributed by atoms with Gasteiger partial charge in [0.25, 0.3) is 5.56 Å². The van der Waals surface area contributed by atoms with E-state index in [4.69, 9.17) is 0 Å². The standard InChI is InChI=1S/C23H30N2O/c1-3-4-9-18-20(16(2)15-25-12-7-8-13-25)14-21-17-10-5-6-11-19(17)23(26)24-22(18)21/h4,9H,2-3,5-8,10-15H2,1H3,(H,24,26)/b9-4-. The quantitative estimate of drug-likeness (QED) is 0.865. The van der Waals surface area contributed by atoms with Crippen molar-refractivity contribution in [2.75, 3.05) is 19.6 Å². The fourth-order valence-corrected chi connectivity index (χ4v) is 4.79. The molecule has 1 saturated heterocycles. The molecular formula is C23H30N2O. The lowest BCUT2D eigenvalue weighted by atomic mass is 9.88. The van der Waals surface area contributed by atoms with Gasteiger partial charge in [0.05, 0.1) is 5.69 Å². The average Bonchev–Trinajstić information content (AvgIpc) is 3.28. The molecule has 3 aliphatic rings. The van der Waals surface area contributed by atoms with E-state index in [1.54, 1.807) is 0 Å². The fraction of sp³-hybridized carbons (Fsp3) is 0.522. The molecule has 0 radical (unpaired) electrons. The van der Waals surface area contributed by atoms with Gasteiger partial charge in [0, 0.05) is 24.1 Å². The molecule has 0 unspecified atom stereocenters. The highest BCUT2D eigenvalue weighted by Crippen LogP contribution is 2.39. The SMILES string of the molecule is C=C(CN1CCCC1)C1=C(/C=C\CC)c2[nH]c(=O)c3c(c2C1)CCCC3. The first kappa shape index (κ1) is 17.5. The summed E-state index contributed by atoms with van der Waals surface area (Å²) >= 11 is 0. The third-order valence-electron chi connectivity index (χ3n) is 6.15. The third kappa shape index (κ3) is 3.14. The number of likely N-dealkylation sites (tertiary alicyclic amines) is 1. The van der Waals surface area contributed by atoms with Crippen LogP contribution in [0.25, 0.3) is 5.57 Å². The minimum absolute atomic E-state index is 0.132. The monoisotopic (exact) mass is 350 g/mol. The minimum atomic E-state index is 0.132. The second-order valence-corrected chi connectivity index (χ2v) is 7.94. The zero-order valence-corrected chi connectivity index (χ0v) is 16.0. The average molecular weight is 351 g/mol. The third-order valence-corrected chi connectivity index (χ3v) is 6.15. The second-order valence-electron chi connectivity index (χ2n) is 7.94. The molecule has 2 heterocycles. The lowest BCUT2D eigenvalue weighted by Crippen LogP contribution is -2.22. The predicted octanol–water partition coefficient (Wildman–Crippen LogP) is 4.18. The van der Waals surface area contributed by atoms with Gasteiger partial charge in [-0.1, -0.05) is 25.7 Å². The van der Waals surface area contributed by atoms with E-state index in [9.17, 15) is 4.79 Å². The Hall–Kier alpha value is -1.87. The van der Waals surface area contributed by atoms with E-state index in [1.165, 1.54) is 60.2 Å². The highest BCUT2D eigenvalue weighted by Gasteiger charge is 2.29. The Balaban J connectivity index is 1.73. The first-order valence-electron chi connectivity index (χ1n) is 10.3. The highest BCUT2D eigenvalue weighted by atomic mass is 16.1. The Bertz CT molecular complexity index is 834. The molecule has 1 aromatic heterocycles. The van der Waals surface area contributed by atoms with Crippen LogP contribution < -0.4 is 5.56 Å². The van der Waals surface area contributed by atoms with E-state index in [1.807, 2.05) is 0 Å². The summed E-state index contributed by atoms with van der Waals surface area (Å²) in [6, 6.07) is 0. The number of H-pyrrole nitrogens is 1. The van der Waals surface area contributed by atoms with Gasteiger partial charge < -0.3 is 4.98 Å². The lowest BCUT2D eigenvalue weighted by molar-refractivity contribution is 0.370. The number of allylic oxidation sites excluding steroid dienone is 3. The van der Waals surface area contributed by atoms with Crippen molar-refractivity contribution in [1.82, 2.24) is 9.88 Å². The van der Waals surface area contributed by atoms with E-state index < -0.39 is 0 Å². The van der Waals surface area contributed by atoms with Crippen LogP contribution in [0.4, 0.5) is 0 Å². The van der Waals surface area contributed by atoms with Gasteiger partial charge in [-0.2, -0.15) is 0 Å². The maximum Gasteiger partial charge on any atom is 0.251 e. The van der Waals surface area contributed by atoms with Crippen LogP contribution in [0.1, 0.15) is 61.4 Å². The van der Waals surface area contributed by atoms with Gasteiger partial charge in [-0.05, 0) is 80.3 Å². The Morgan fingerprint density at radius 1 is 1.12 bits per heavy atom.